The first-order chi connectivity index (χ1) is 33.2. The summed E-state index contributed by atoms with van der Waals surface area (Å²) >= 11 is 0. The summed E-state index contributed by atoms with van der Waals surface area (Å²) in [6, 6.07) is 0. The average Bonchev–Trinajstić information content (AvgIpc) is 3.32. The Hall–Kier alpha value is -4.38. The quantitative estimate of drug-likeness (QED) is 0.0197. The van der Waals surface area contributed by atoms with Gasteiger partial charge in [-0.2, -0.15) is 0 Å². The number of unbranched alkanes of at least 4 members (excludes halogenated alkanes) is 6. The molecule has 382 valence electrons. The minimum Gasteiger partial charge on any atom is -0.462 e. The van der Waals surface area contributed by atoms with Gasteiger partial charge in [-0.05, 0) is 96.3 Å². The van der Waals surface area contributed by atoms with E-state index in [1.54, 1.807) is 6.08 Å². The van der Waals surface area contributed by atoms with Crippen LogP contribution in [0, 0.1) is 0 Å². The zero-order valence-electron chi connectivity index (χ0n) is 41.8. The van der Waals surface area contributed by atoms with Crippen LogP contribution >= 0.6 is 7.82 Å². The van der Waals surface area contributed by atoms with Crippen LogP contribution in [0.1, 0.15) is 162 Å². The van der Waals surface area contributed by atoms with Crippen molar-refractivity contribution in [2.24, 2.45) is 0 Å². The monoisotopic (exact) mass is 967 g/mol. The van der Waals surface area contributed by atoms with E-state index in [0.29, 0.717) is 19.3 Å². The van der Waals surface area contributed by atoms with E-state index in [9.17, 15) is 28.9 Å². The summed E-state index contributed by atoms with van der Waals surface area (Å²) in [7, 11) is -4.79. The van der Waals surface area contributed by atoms with E-state index in [-0.39, 0.29) is 19.3 Å². The smallest absolute Gasteiger partial charge is 0.462 e. The molecule has 0 aromatic rings. The van der Waals surface area contributed by atoms with Crippen LogP contribution < -0.4 is 0 Å². The third-order valence-electron chi connectivity index (χ3n) is 9.57. The van der Waals surface area contributed by atoms with Gasteiger partial charge in [-0.25, -0.2) is 4.57 Å². The van der Waals surface area contributed by atoms with Crippen molar-refractivity contribution in [3.05, 3.63) is 134 Å². The van der Waals surface area contributed by atoms with Gasteiger partial charge in [0, 0.05) is 12.8 Å². The van der Waals surface area contributed by atoms with Gasteiger partial charge in [-0.3, -0.25) is 23.4 Å². The fourth-order valence-electron chi connectivity index (χ4n) is 5.83. The maximum atomic E-state index is 12.8. The number of aliphatic hydroxyl groups is 1. The summed E-state index contributed by atoms with van der Waals surface area (Å²) in [4.78, 5) is 48.2. The summed E-state index contributed by atoms with van der Waals surface area (Å²) in [6.45, 7) is 4.08. The fraction of sp³-hybridized carbons (Fsp3) is 0.554. The molecular formula is C56H87O11P. The molecule has 0 heterocycles. The number of hydrogen-bond acceptors (Lipinski definition) is 10. The van der Waals surface area contributed by atoms with Crippen LogP contribution in [-0.4, -0.2) is 66.5 Å². The van der Waals surface area contributed by atoms with Crippen LogP contribution in [0.4, 0.5) is 0 Å². The van der Waals surface area contributed by atoms with E-state index in [1.807, 2.05) is 36.5 Å². The molecule has 3 atom stereocenters. The molecule has 0 aliphatic carbocycles. The fourth-order valence-corrected chi connectivity index (χ4v) is 6.62. The molecule has 3 unspecified atom stereocenters. The van der Waals surface area contributed by atoms with E-state index < -0.39 is 64.4 Å². The number of esters is 3. The first kappa shape index (κ1) is 63.6. The summed E-state index contributed by atoms with van der Waals surface area (Å²) in [5.41, 5.74) is 0. The summed E-state index contributed by atoms with van der Waals surface area (Å²) in [6.07, 6.45) is 60.5. The first-order valence-corrected chi connectivity index (χ1v) is 26.6. The van der Waals surface area contributed by atoms with Crippen molar-refractivity contribution in [2.45, 2.75) is 174 Å². The second-order valence-electron chi connectivity index (χ2n) is 15.9. The number of phosphoric acid groups is 1. The molecule has 0 fully saturated rings. The molecule has 0 amide bonds. The van der Waals surface area contributed by atoms with E-state index in [4.69, 9.17) is 23.3 Å². The van der Waals surface area contributed by atoms with Crippen molar-refractivity contribution in [3.8, 4) is 0 Å². The lowest BCUT2D eigenvalue weighted by atomic mass is 10.1. The van der Waals surface area contributed by atoms with Crippen LogP contribution in [0.25, 0.3) is 0 Å². The maximum Gasteiger partial charge on any atom is 0.472 e. The molecule has 0 rings (SSSR count). The number of rotatable bonds is 44. The Labute approximate surface area is 410 Å². The van der Waals surface area contributed by atoms with Crippen molar-refractivity contribution in [1.82, 2.24) is 0 Å². The number of allylic oxidation sites excluding steroid dienone is 21. The molecule has 0 aromatic carbocycles. The number of hydrogen-bond donors (Lipinski definition) is 2. The molecule has 11 nitrogen and oxygen atoms in total. The molecular weight excluding hydrogens is 880 g/mol. The normalized spacial score (nSPS) is 14.6. The van der Waals surface area contributed by atoms with Crippen LogP contribution in [-0.2, 0) is 42.2 Å². The molecule has 0 saturated carbocycles. The molecule has 0 spiro atoms. The van der Waals surface area contributed by atoms with Gasteiger partial charge in [0.1, 0.15) is 12.7 Å². The lowest BCUT2D eigenvalue weighted by molar-refractivity contribution is -0.160. The van der Waals surface area contributed by atoms with E-state index >= 15 is 0 Å². The minimum atomic E-state index is -4.79. The van der Waals surface area contributed by atoms with Crippen LogP contribution in [0.15, 0.2) is 134 Å². The second-order valence-corrected chi connectivity index (χ2v) is 17.3. The highest BCUT2D eigenvalue weighted by Gasteiger charge is 2.28. The highest BCUT2D eigenvalue weighted by atomic mass is 31.2. The summed E-state index contributed by atoms with van der Waals surface area (Å²) in [5, 5.41) is 9.75. The molecule has 0 aliphatic heterocycles. The summed E-state index contributed by atoms with van der Waals surface area (Å²) < 4.78 is 39.1. The molecule has 68 heavy (non-hydrogen) atoms. The zero-order chi connectivity index (χ0) is 49.9. The molecule has 2 N–H and O–H groups in total. The van der Waals surface area contributed by atoms with Gasteiger partial charge in [0.25, 0.3) is 0 Å². The third kappa shape index (κ3) is 46.7. The Morgan fingerprint density at radius 2 is 0.853 bits per heavy atom. The van der Waals surface area contributed by atoms with E-state index in [0.717, 1.165) is 103 Å². The Kier molecular flexibility index (Phi) is 45.9. The molecule has 0 radical (unpaired) electrons. The Morgan fingerprint density at radius 3 is 1.35 bits per heavy atom. The van der Waals surface area contributed by atoms with E-state index in [2.05, 4.69) is 112 Å². The Morgan fingerprint density at radius 1 is 0.441 bits per heavy atom. The Balaban J connectivity index is 4.98. The summed E-state index contributed by atoms with van der Waals surface area (Å²) in [5.74, 6) is -1.74. The van der Waals surface area contributed by atoms with Crippen molar-refractivity contribution >= 4 is 25.7 Å². The number of aliphatic hydroxyl groups excluding tert-OH is 1. The van der Waals surface area contributed by atoms with Crippen molar-refractivity contribution < 1.29 is 52.2 Å². The highest BCUT2D eigenvalue weighted by Crippen LogP contribution is 2.43. The molecule has 0 bridgehead atoms. The maximum absolute atomic E-state index is 12.8. The van der Waals surface area contributed by atoms with Gasteiger partial charge in [-0.15, -0.1) is 0 Å². The molecule has 12 heteroatoms. The van der Waals surface area contributed by atoms with Crippen molar-refractivity contribution in [1.29, 1.82) is 0 Å². The van der Waals surface area contributed by atoms with Gasteiger partial charge in [0.05, 0.1) is 26.2 Å². The molecule has 0 aromatic heterocycles. The topological polar surface area (TPSA) is 155 Å². The average molecular weight is 967 g/mol. The highest BCUT2D eigenvalue weighted by molar-refractivity contribution is 7.47. The largest absolute Gasteiger partial charge is 0.472 e. The van der Waals surface area contributed by atoms with Gasteiger partial charge < -0.3 is 24.2 Å². The first-order valence-electron chi connectivity index (χ1n) is 25.1. The van der Waals surface area contributed by atoms with Crippen molar-refractivity contribution in [2.75, 3.05) is 26.4 Å². The SMILES string of the molecule is CC/C=C\C/C=C\C/C=C\C/C=C\C/C=C\CC(=O)OC(COC(=O)CCCCCCC/C=C\C/C=C\CCC)COP(=O)(O)OCC(CO)OC(=O)CC/C=C\C/C=C\C/C=C\C/C=C\CC. The lowest BCUT2D eigenvalue weighted by Gasteiger charge is -2.21. The minimum absolute atomic E-state index is 0.0406. The van der Waals surface area contributed by atoms with Gasteiger partial charge in [0.15, 0.2) is 6.10 Å². The number of carbonyl (C=O) groups is 3. The van der Waals surface area contributed by atoms with Crippen LogP contribution in [0.5, 0.6) is 0 Å². The second kappa shape index (κ2) is 49.1. The van der Waals surface area contributed by atoms with Gasteiger partial charge in [-0.1, -0.05) is 180 Å². The standard InChI is InChI=1S/C56H87O11P/c1-4-7-10-13-16-19-22-25-26-29-32-35-38-41-44-47-56(60)67-53(49-63-54(58)45-42-39-36-33-30-27-23-20-17-14-11-8-5-2)51-65-68(61,62)64-50-52(48-57)66-55(59)46-43-40-37-34-31-28-24-21-18-15-12-9-6-3/h7,9-12,14,16,18-21,23,25-26,28,31-32,35,37,40-41,44,52-53,57H,4-6,8,13,15,17,22,24,27,29-30,33-34,36,38-39,42-43,45-51H2,1-3H3,(H,61,62)/b10-7-,12-9-,14-11-,19-16-,21-18-,23-20-,26-25-,31-28-,35-32-,40-37-,44-41-. The van der Waals surface area contributed by atoms with E-state index in [1.165, 1.54) is 0 Å². The zero-order valence-corrected chi connectivity index (χ0v) is 42.7. The lowest BCUT2D eigenvalue weighted by Crippen LogP contribution is -2.30. The van der Waals surface area contributed by atoms with Crippen molar-refractivity contribution in [3.63, 3.8) is 0 Å². The number of phosphoric ester groups is 1. The third-order valence-corrected chi connectivity index (χ3v) is 10.5. The van der Waals surface area contributed by atoms with Crippen LogP contribution in [0.2, 0.25) is 0 Å². The van der Waals surface area contributed by atoms with Gasteiger partial charge in [0.2, 0.25) is 0 Å². The molecule has 0 saturated heterocycles. The predicted molar refractivity (Wildman–Crippen MR) is 279 cm³/mol. The number of ether oxygens (including phenoxy) is 3. The predicted octanol–water partition coefficient (Wildman–Crippen LogP) is 14.2. The number of carbonyl (C=O) groups excluding carboxylic acids is 3. The van der Waals surface area contributed by atoms with Gasteiger partial charge >= 0.3 is 25.7 Å². The molecule has 0 aliphatic rings. The van der Waals surface area contributed by atoms with Crippen LogP contribution in [0.3, 0.4) is 0 Å². The Bertz CT molecular complexity index is 1650.